The molecule has 0 aromatic heterocycles. The summed E-state index contributed by atoms with van der Waals surface area (Å²) in [6.07, 6.45) is 4.33. The molecule has 0 aliphatic rings. The number of hydrogen-bond donors (Lipinski definition) is 1. The Morgan fingerprint density at radius 2 is 1.95 bits per heavy atom. The number of hydrogen-bond acceptors (Lipinski definition) is 2. The Morgan fingerprint density at radius 1 is 1.24 bits per heavy atom. The topological polar surface area (TPSA) is 32.3 Å². The van der Waals surface area contributed by atoms with Crippen LogP contribution in [0.25, 0.3) is 0 Å². The van der Waals surface area contributed by atoms with Crippen molar-refractivity contribution in [3.05, 3.63) is 35.4 Å². The Kier molecular flexibility index (Phi) is 8.06. The molecule has 118 valence electrons. The lowest BCUT2D eigenvalue weighted by Crippen LogP contribution is -2.38. The van der Waals surface area contributed by atoms with Gasteiger partial charge in [-0.25, -0.2) is 0 Å². The van der Waals surface area contributed by atoms with Crippen LogP contribution < -0.4 is 5.32 Å². The first-order valence-corrected chi connectivity index (χ1v) is 8.15. The first kappa shape index (κ1) is 17.7. The largest absolute Gasteiger partial charge is 0.336 e. The quantitative estimate of drug-likeness (QED) is 0.706. The van der Waals surface area contributed by atoms with Gasteiger partial charge in [-0.2, -0.15) is 0 Å². The molecule has 3 nitrogen and oxygen atoms in total. The van der Waals surface area contributed by atoms with Gasteiger partial charge in [0.05, 0.1) is 0 Å². The molecule has 0 spiro atoms. The molecule has 1 amide bonds. The van der Waals surface area contributed by atoms with Crippen LogP contribution >= 0.6 is 0 Å². The van der Waals surface area contributed by atoms with Crippen LogP contribution in [0, 0.1) is 0 Å². The molecule has 0 saturated carbocycles. The molecular formula is C18H30N2O. The fourth-order valence-electron chi connectivity index (χ4n) is 2.49. The molecule has 21 heavy (non-hydrogen) atoms. The number of rotatable bonds is 9. The number of unbranched alkanes of at least 4 members (excludes halogenated alkanes) is 2. The van der Waals surface area contributed by atoms with Crippen molar-refractivity contribution in [3.63, 3.8) is 0 Å². The van der Waals surface area contributed by atoms with Crippen molar-refractivity contribution in [1.29, 1.82) is 0 Å². The first-order valence-electron chi connectivity index (χ1n) is 8.15. The maximum Gasteiger partial charge on any atom is 0.254 e. The molecular weight excluding hydrogens is 260 g/mol. The monoisotopic (exact) mass is 290 g/mol. The molecule has 3 heteroatoms. The maximum atomic E-state index is 12.9. The Bertz CT molecular complexity index is 429. The molecule has 0 radical (unpaired) electrons. The van der Waals surface area contributed by atoms with Gasteiger partial charge in [0.15, 0.2) is 0 Å². The molecule has 0 atom stereocenters. The van der Waals surface area contributed by atoms with Crippen molar-refractivity contribution in [3.8, 4) is 0 Å². The van der Waals surface area contributed by atoms with Crippen LogP contribution in [0.5, 0.6) is 0 Å². The standard InChI is InChI=1S/C18H30N2O/c1-5-6-9-14-20(15(2)3)18(21)17-11-8-7-10-16(17)12-13-19-4/h7-8,10-11,15,19H,5-6,9,12-14H2,1-4H3. The summed E-state index contributed by atoms with van der Waals surface area (Å²) in [5.74, 6) is 0.174. The lowest BCUT2D eigenvalue weighted by atomic mass is 10.0. The molecule has 0 unspecified atom stereocenters. The van der Waals surface area contributed by atoms with Crippen LogP contribution in [0.1, 0.15) is 56.0 Å². The van der Waals surface area contributed by atoms with Gasteiger partial charge in [-0.3, -0.25) is 4.79 Å². The van der Waals surface area contributed by atoms with Gasteiger partial charge in [-0.1, -0.05) is 38.0 Å². The van der Waals surface area contributed by atoms with Crippen molar-refractivity contribution < 1.29 is 4.79 Å². The Morgan fingerprint density at radius 3 is 2.57 bits per heavy atom. The molecule has 0 aliphatic carbocycles. The number of carbonyl (C=O) groups excluding carboxylic acids is 1. The van der Waals surface area contributed by atoms with Gasteiger partial charge in [-0.05, 0) is 51.9 Å². The summed E-state index contributed by atoms with van der Waals surface area (Å²) in [5.41, 5.74) is 2.00. The minimum absolute atomic E-state index is 0.174. The van der Waals surface area contributed by atoms with Crippen molar-refractivity contribution in [2.45, 2.75) is 52.5 Å². The highest BCUT2D eigenvalue weighted by Crippen LogP contribution is 2.15. The van der Waals surface area contributed by atoms with Gasteiger partial charge in [0.1, 0.15) is 0 Å². The summed E-state index contributed by atoms with van der Waals surface area (Å²) in [5, 5.41) is 3.15. The van der Waals surface area contributed by atoms with Crippen molar-refractivity contribution in [2.24, 2.45) is 0 Å². The van der Waals surface area contributed by atoms with E-state index in [9.17, 15) is 4.79 Å². The van der Waals surface area contributed by atoms with Crippen LogP contribution in [0.3, 0.4) is 0 Å². The van der Waals surface area contributed by atoms with E-state index in [2.05, 4.69) is 32.2 Å². The fourth-order valence-corrected chi connectivity index (χ4v) is 2.49. The first-order chi connectivity index (χ1) is 10.1. The normalized spacial score (nSPS) is 10.9. The highest BCUT2D eigenvalue weighted by atomic mass is 16.2. The average molecular weight is 290 g/mol. The fraction of sp³-hybridized carbons (Fsp3) is 0.611. The van der Waals surface area contributed by atoms with E-state index in [1.807, 2.05) is 30.1 Å². The zero-order chi connectivity index (χ0) is 15.7. The molecule has 0 aliphatic heterocycles. The summed E-state index contributed by atoms with van der Waals surface area (Å²) in [6.45, 7) is 8.13. The van der Waals surface area contributed by atoms with E-state index in [1.54, 1.807) is 0 Å². The molecule has 0 bridgehead atoms. The smallest absolute Gasteiger partial charge is 0.254 e. The van der Waals surface area contributed by atoms with Gasteiger partial charge in [0.25, 0.3) is 5.91 Å². The second-order valence-electron chi connectivity index (χ2n) is 5.81. The number of carbonyl (C=O) groups is 1. The summed E-state index contributed by atoms with van der Waals surface area (Å²) in [7, 11) is 1.94. The highest BCUT2D eigenvalue weighted by molar-refractivity contribution is 5.95. The summed E-state index contributed by atoms with van der Waals surface area (Å²) >= 11 is 0. The van der Waals surface area contributed by atoms with E-state index in [0.29, 0.717) is 0 Å². The van der Waals surface area contributed by atoms with Crippen LogP contribution in [-0.2, 0) is 6.42 Å². The highest BCUT2D eigenvalue weighted by Gasteiger charge is 2.20. The van der Waals surface area contributed by atoms with E-state index in [4.69, 9.17) is 0 Å². The minimum Gasteiger partial charge on any atom is -0.336 e. The molecule has 0 heterocycles. The summed E-state index contributed by atoms with van der Waals surface area (Å²) in [6, 6.07) is 8.24. The predicted octanol–water partition coefficient (Wildman–Crippen LogP) is 3.49. The van der Waals surface area contributed by atoms with Crippen molar-refractivity contribution >= 4 is 5.91 Å². The van der Waals surface area contributed by atoms with Crippen LogP contribution in [0.4, 0.5) is 0 Å². The van der Waals surface area contributed by atoms with Crippen LogP contribution in [0.2, 0.25) is 0 Å². The lowest BCUT2D eigenvalue weighted by Gasteiger charge is -2.28. The van der Waals surface area contributed by atoms with E-state index >= 15 is 0 Å². The minimum atomic E-state index is 0.174. The van der Waals surface area contributed by atoms with Crippen LogP contribution in [0.15, 0.2) is 24.3 Å². The average Bonchev–Trinajstić information content (AvgIpc) is 2.49. The van der Waals surface area contributed by atoms with Crippen molar-refractivity contribution in [2.75, 3.05) is 20.1 Å². The molecule has 1 N–H and O–H groups in total. The molecule has 0 saturated heterocycles. The SMILES string of the molecule is CCCCCN(C(=O)c1ccccc1CCNC)C(C)C. The number of benzene rings is 1. The number of nitrogens with one attached hydrogen (secondary N) is 1. The van der Waals surface area contributed by atoms with E-state index in [0.717, 1.165) is 37.1 Å². The molecule has 1 aromatic carbocycles. The molecule has 1 rings (SSSR count). The van der Waals surface area contributed by atoms with Crippen LogP contribution in [-0.4, -0.2) is 37.0 Å². The van der Waals surface area contributed by atoms with Gasteiger partial charge >= 0.3 is 0 Å². The third kappa shape index (κ3) is 5.50. The summed E-state index contributed by atoms with van der Waals surface area (Å²) < 4.78 is 0. The van der Waals surface area contributed by atoms with Gasteiger partial charge in [-0.15, -0.1) is 0 Å². The molecule has 0 fully saturated rings. The van der Waals surface area contributed by atoms with Crippen molar-refractivity contribution in [1.82, 2.24) is 10.2 Å². The Labute approximate surface area is 129 Å². The third-order valence-electron chi connectivity index (χ3n) is 3.78. The lowest BCUT2D eigenvalue weighted by molar-refractivity contribution is 0.0701. The second kappa shape index (κ2) is 9.56. The van der Waals surface area contributed by atoms with E-state index in [1.165, 1.54) is 12.8 Å². The predicted molar refractivity (Wildman–Crippen MR) is 89.8 cm³/mol. The van der Waals surface area contributed by atoms with Gasteiger partial charge < -0.3 is 10.2 Å². The van der Waals surface area contributed by atoms with Gasteiger partial charge in [0.2, 0.25) is 0 Å². The number of amides is 1. The number of likely N-dealkylation sites (N-methyl/N-ethyl adjacent to an activating group) is 1. The zero-order valence-corrected chi connectivity index (χ0v) is 14.0. The third-order valence-corrected chi connectivity index (χ3v) is 3.78. The summed E-state index contributed by atoms with van der Waals surface area (Å²) in [4.78, 5) is 14.9. The van der Waals surface area contributed by atoms with Gasteiger partial charge in [0, 0.05) is 18.2 Å². The molecule has 1 aromatic rings. The van der Waals surface area contributed by atoms with E-state index < -0.39 is 0 Å². The van der Waals surface area contributed by atoms with E-state index in [-0.39, 0.29) is 11.9 Å². The number of nitrogens with zero attached hydrogens (tertiary/aromatic N) is 1. The Balaban J connectivity index is 2.87. The maximum absolute atomic E-state index is 12.9. The second-order valence-corrected chi connectivity index (χ2v) is 5.81. The Hall–Kier alpha value is -1.35. The zero-order valence-electron chi connectivity index (χ0n) is 14.0.